The van der Waals surface area contributed by atoms with Gasteiger partial charge >= 0.3 is 0 Å². The van der Waals surface area contributed by atoms with E-state index in [0.29, 0.717) is 11.3 Å². The zero-order valence-corrected chi connectivity index (χ0v) is 9.08. The van der Waals surface area contributed by atoms with Crippen LogP contribution in [0.2, 0.25) is 0 Å². The number of phenolic OH excluding ortho intramolecular Hbond substituents is 1. The van der Waals surface area contributed by atoms with Gasteiger partial charge in [-0.25, -0.2) is 8.78 Å². The molecule has 0 aliphatic carbocycles. The second-order valence-electron chi connectivity index (χ2n) is 3.52. The van der Waals surface area contributed by atoms with E-state index in [1.54, 1.807) is 24.3 Å². The smallest absolute Gasteiger partial charge is 0.162 e. The van der Waals surface area contributed by atoms with Gasteiger partial charge in [0.05, 0.1) is 7.11 Å². The minimum absolute atomic E-state index is 0.225. The third kappa shape index (κ3) is 2.20. The van der Waals surface area contributed by atoms with Crippen LogP contribution in [0.3, 0.4) is 0 Å². The second-order valence-corrected chi connectivity index (χ2v) is 3.52. The highest BCUT2D eigenvalue weighted by molar-refractivity contribution is 5.71. The van der Waals surface area contributed by atoms with E-state index in [-0.39, 0.29) is 11.3 Å². The monoisotopic (exact) mass is 236 g/mol. The van der Waals surface area contributed by atoms with E-state index in [1.807, 2.05) is 0 Å². The Morgan fingerprint density at radius 1 is 1.06 bits per heavy atom. The van der Waals surface area contributed by atoms with E-state index in [9.17, 15) is 13.9 Å². The van der Waals surface area contributed by atoms with Gasteiger partial charge in [0, 0.05) is 11.6 Å². The van der Waals surface area contributed by atoms with Crippen LogP contribution in [0.5, 0.6) is 11.5 Å². The molecule has 88 valence electrons. The number of methoxy groups -OCH3 is 1. The molecule has 2 rings (SSSR count). The lowest BCUT2D eigenvalue weighted by Crippen LogP contribution is -1.88. The van der Waals surface area contributed by atoms with Crippen molar-refractivity contribution < 1.29 is 18.6 Å². The van der Waals surface area contributed by atoms with Crippen LogP contribution in [0, 0.1) is 11.6 Å². The van der Waals surface area contributed by atoms with Crippen molar-refractivity contribution >= 4 is 0 Å². The number of ether oxygens (including phenoxy) is 1. The molecule has 0 unspecified atom stereocenters. The minimum Gasteiger partial charge on any atom is -0.507 e. The summed E-state index contributed by atoms with van der Waals surface area (Å²) in [4.78, 5) is 0. The Labute approximate surface area is 97.1 Å². The topological polar surface area (TPSA) is 29.5 Å². The van der Waals surface area contributed by atoms with E-state index in [2.05, 4.69) is 0 Å². The minimum atomic E-state index is -1.07. The maximum Gasteiger partial charge on any atom is 0.162 e. The van der Waals surface area contributed by atoms with Crippen LogP contribution in [0.15, 0.2) is 36.4 Å². The summed E-state index contributed by atoms with van der Waals surface area (Å²) in [7, 11) is 1.50. The van der Waals surface area contributed by atoms with Gasteiger partial charge in [-0.05, 0) is 23.8 Å². The summed E-state index contributed by atoms with van der Waals surface area (Å²) < 4.78 is 31.0. The third-order valence-electron chi connectivity index (χ3n) is 2.42. The first kappa shape index (κ1) is 11.4. The summed E-state index contributed by atoms with van der Waals surface area (Å²) in [6, 6.07) is 8.44. The molecule has 2 aromatic rings. The Kier molecular flexibility index (Phi) is 2.95. The molecule has 0 fully saturated rings. The molecule has 4 heteroatoms. The van der Waals surface area contributed by atoms with Gasteiger partial charge in [0.25, 0.3) is 0 Å². The molecule has 0 amide bonds. The van der Waals surface area contributed by atoms with Crippen LogP contribution in [0.1, 0.15) is 0 Å². The lowest BCUT2D eigenvalue weighted by molar-refractivity contribution is 0.415. The standard InChI is InChI=1S/C13H10F2O2/c1-17-9-4-2-3-8(5-9)10-6-11(14)12(15)7-13(10)16/h2-7,16H,1H3. The first-order chi connectivity index (χ1) is 8.11. The lowest BCUT2D eigenvalue weighted by atomic mass is 10.0. The van der Waals surface area contributed by atoms with Crippen molar-refractivity contribution in [3.8, 4) is 22.6 Å². The van der Waals surface area contributed by atoms with Gasteiger partial charge < -0.3 is 9.84 Å². The van der Waals surface area contributed by atoms with Gasteiger partial charge in [-0.15, -0.1) is 0 Å². The van der Waals surface area contributed by atoms with E-state index in [0.717, 1.165) is 12.1 Å². The van der Waals surface area contributed by atoms with Gasteiger partial charge in [0.15, 0.2) is 11.6 Å². The molecule has 0 bridgehead atoms. The SMILES string of the molecule is COc1cccc(-c2cc(F)c(F)cc2O)c1. The van der Waals surface area contributed by atoms with Crippen LogP contribution in [-0.4, -0.2) is 12.2 Å². The molecule has 0 radical (unpaired) electrons. The molecule has 0 saturated carbocycles. The number of halogens is 2. The highest BCUT2D eigenvalue weighted by Crippen LogP contribution is 2.32. The van der Waals surface area contributed by atoms with Gasteiger partial charge in [-0.2, -0.15) is 0 Å². The zero-order valence-electron chi connectivity index (χ0n) is 9.08. The molecular formula is C13H10F2O2. The number of benzene rings is 2. The molecule has 2 nitrogen and oxygen atoms in total. The molecule has 0 spiro atoms. The van der Waals surface area contributed by atoms with Gasteiger partial charge in [-0.3, -0.25) is 0 Å². The summed E-state index contributed by atoms with van der Waals surface area (Å²) in [5.41, 5.74) is 0.781. The van der Waals surface area contributed by atoms with Gasteiger partial charge in [0.2, 0.25) is 0 Å². The molecule has 0 saturated heterocycles. The fourth-order valence-electron chi connectivity index (χ4n) is 1.56. The van der Waals surface area contributed by atoms with Crippen molar-refractivity contribution in [1.82, 2.24) is 0 Å². The van der Waals surface area contributed by atoms with E-state index in [1.165, 1.54) is 7.11 Å². The Hall–Kier alpha value is -2.10. The molecule has 0 atom stereocenters. The molecule has 0 heterocycles. The average Bonchev–Trinajstić information content (AvgIpc) is 2.34. The predicted molar refractivity (Wildman–Crippen MR) is 60.0 cm³/mol. The number of hydrogen-bond acceptors (Lipinski definition) is 2. The summed E-state index contributed by atoms with van der Waals surface area (Å²) in [6.45, 7) is 0. The summed E-state index contributed by atoms with van der Waals surface area (Å²) in [6.07, 6.45) is 0. The van der Waals surface area contributed by atoms with Crippen LogP contribution in [-0.2, 0) is 0 Å². The molecule has 1 N–H and O–H groups in total. The average molecular weight is 236 g/mol. The highest BCUT2D eigenvalue weighted by atomic mass is 19.2. The van der Waals surface area contributed by atoms with Crippen LogP contribution in [0.25, 0.3) is 11.1 Å². The van der Waals surface area contributed by atoms with Crippen molar-refractivity contribution in [2.75, 3.05) is 7.11 Å². The van der Waals surface area contributed by atoms with E-state index < -0.39 is 11.6 Å². The number of aromatic hydroxyl groups is 1. The zero-order chi connectivity index (χ0) is 12.4. The van der Waals surface area contributed by atoms with Crippen molar-refractivity contribution in [2.24, 2.45) is 0 Å². The predicted octanol–water partition coefficient (Wildman–Crippen LogP) is 3.35. The van der Waals surface area contributed by atoms with Crippen molar-refractivity contribution in [3.05, 3.63) is 48.0 Å². The molecular weight excluding hydrogens is 226 g/mol. The Morgan fingerprint density at radius 2 is 1.76 bits per heavy atom. The quantitative estimate of drug-likeness (QED) is 0.866. The van der Waals surface area contributed by atoms with Gasteiger partial charge in [-0.1, -0.05) is 12.1 Å². The number of phenols is 1. The Balaban J connectivity index is 2.56. The molecule has 2 aromatic carbocycles. The number of hydrogen-bond donors (Lipinski definition) is 1. The Bertz CT molecular complexity index is 553. The van der Waals surface area contributed by atoms with Crippen LogP contribution in [0.4, 0.5) is 8.78 Å². The van der Waals surface area contributed by atoms with E-state index >= 15 is 0 Å². The summed E-state index contributed by atoms with van der Waals surface area (Å²) in [5.74, 6) is -1.81. The van der Waals surface area contributed by atoms with Crippen molar-refractivity contribution in [3.63, 3.8) is 0 Å². The van der Waals surface area contributed by atoms with Crippen molar-refractivity contribution in [2.45, 2.75) is 0 Å². The largest absolute Gasteiger partial charge is 0.507 e. The molecule has 0 aliphatic rings. The van der Waals surface area contributed by atoms with Crippen LogP contribution >= 0.6 is 0 Å². The number of rotatable bonds is 2. The van der Waals surface area contributed by atoms with Gasteiger partial charge in [0.1, 0.15) is 11.5 Å². The van der Waals surface area contributed by atoms with Crippen molar-refractivity contribution in [1.29, 1.82) is 0 Å². The van der Waals surface area contributed by atoms with Crippen LogP contribution < -0.4 is 4.74 Å². The fraction of sp³-hybridized carbons (Fsp3) is 0.0769. The maximum atomic E-state index is 13.1. The lowest BCUT2D eigenvalue weighted by Gasteiger charge is -2.07. The first-order valence-electron chi connectivity index (χ1n) is 4.94. The fourth-order valence-corrected chi connectivity index (χ4v) is 1.56. The molecule has 0 aliphatic heterocycles. The first-order valence-corrected chi connectivity index (χ1v) is 4.94. The maximum absolute atomic E-state index is 13.1. The third-order valence-corrected chi connectivity index (χ3v) is 2.42. The van der Waals surface area contributed by atoms with E-state index in [4.69, 9.17) is 4.74 Å². The Morgan fingerprint density at radius 3 is 2.47 bits per heavy atom. The summed E-state index contributed by atoms with van der Waals surface area (Å²) >= 11 is 0. The summed E-state index contributed by atoms with van der Waals surface area (Å²) in [5, 5.41) is 9.59. The molecule has 0 aromatic heterocycles. The second kappa shape index (κ2) is 4.41. The highest BCUT2D eigenvalue weighted by Gasteiger charge is 2.11. The molecule has 17 heavy (non-hydrogen) atoms. The normalized spacial score (nSPS) is 10.3.